The maximum atomic E-state index is 13.0. The normalized spacial score (nSPS) is 18.6. The highest BCUT2D eigenvalue weighted by molar-refractivity contribution is 6.09. The van der Waals surface area contributed by atoms with Gasteiger partial charge in [0.05, 0.1) is 12.1 Å². The van der Waals surface area contributed by atoms with Crippen LogP contribution >= 0.6 is 0 Å². The predicted molar refractivity (Wildman–Crippen MR) is 103 cm³/mol. The quantitative estimate of drug-likeness (QED) is 0.846. The van der Waals surface area contributed by atoms with Crippen LogP contribution in [0.5, 0.6) is 0 Å². The number of rotatable bonds is 5. The molecule has 1 unspecified atom stereocenters. The van der Waals surface area contributed by atoms with E-state index in [0.717, 1.165) is 22.3 Å². The van der Waals surface area contributed by atoms with E-state index in [0.29, 0.717) is 11.4 Å². The Kier molecular flexibility index (Phi) is 4.99. The van der Waals surface area contributed by atoms with E-state index in [1.807, 2.05) is 63.2 Å². The van der Waals surface area contributed by atoms with Crippen LogP contribution < -0.4 is 5.32 Å². The van der Waals surface area contributed by atoms with Gasteiger partial charge in [0.2, 0.25) is 5.60 Å². The van der Waals surface area contributed by atoms with Crippen LogP contribution in [0.3, 0.4) is 0 Å². The van der Waals surface area contributed by atoms with Crippen molar-refractivity contribution in [2.75, 3.05) is 5.32 Å². The second-order valence-corrected chi connectivity index (χ2v) is 6.96. The Morgan fingerprint density at radius 3 is 2.33 bits per heavy atom. The minimum absolute atomic E-state index is 0.0964. The number of aliphatic carboxylic acids is 1. The summed E-state index contributed by atoms with van der Waals surface area (Å²) in [7, 11) is 0. The average Bonchev–Trinajstić information content (AvgIpc) is 3.03. The third-order valence-electron chi connectivity index (χ3n) is 4.74. The van der Waals surface area contributed by atoms with Crippen LogP contribution in [0.4, 0.5) is 5.69 Å². The maximum Gasteiger partial charge on any atom is 0.308 e. The number of carbonyl (C=O) groups is 2. The maximum absolute atomic E-state index is 13.0. The number of carboxylic acid groups (broad SMARTS) is 1. The van der Waals surface area contributed by atoms with Gasteiger partial charge in [-0.3, -0.25) is 9.59 Å². The summed E-state index contributed by atoms with van der Waals surface area (Å²) in [5.41, 5.74) is 3.36. The number of oxime groups is 1. The highest BCUT2D eigenvalue weighted by atomic mass is 16.7. The Labute approximate surface area is 157 Å². The van der Waals surface area contributed by atoms with Crippen molar-refractivity contribution >= 4 is 23.3 Å². The highest BCUT2D eigenvalue weighted by Crippen LogP contribution is 2.33. The molecule has 0 aromatic heterocycles. The molecule has 0 aliphatic carbocycles. The fourth-order valence-electron chi connectivity index (χ4n) is 3.16. The molecule has 6 heteroatoms. The van der Waals surface area contributed by atoms with Crippen molar-refractivity contribution in [3.63, 3.8) is 0 Å². The second kappa shape index (κ2) is 7.23. The number of aryl methyl sites for hydroxylation is 3. The molecule has 1 atom stereocenters. The SMILES string of the molecule is Cc1ccc(C2=NOC(CC(=O)O)(C(=O)Nc3c(C)cccc3C)C2)cc1. The summed E-state index contributed by atoms with van der Waals surface area (Å²) in [5.74, 6) is -1.62. The lowest BCUT2D eigenvalue weighted by molar-refractivity contribution is -0.152. The number of nitrogens with zero attached hydrogens (tertiary/aromatic N) is 1. The Hall–Kier alpha value is -3.15. The lowest BCUT2D eigenvalue weighted by atomic mass is 9.89. The average molecular weight is 366 g/mol. The number of amides is 1. The summed E-state index contributed by atoms with van der Waals surface area (Å²) in [5, 5.41) is 16.2. The van der Waals surface area contributed by atoms with Crippen LogP contribution in [0.2, 0.25) is 0 Å². The van der Waals surface area contributed by atoms with Gasteiger partial charge < -0.3 is 15.3 Å². The Morgan fingerprint density at radius 2 is 1.74 bits per heavy atom. The number of carbonyl (C=O) groups excluding carboxylic acids is 1. The van der Waals surface area contributed by atoms with Crippen LogP contribution in [0.15, 0.2) is 47.6 Å². The molecule has 2 aromatic carbocycles. The van der Waals surface area contributed by atoms with Gasteiger partial charge in [0.25, 0.3) is 5.91 Å². The van der Waals surface area contributed by atoms with Crippen molar-refractivity contribution in [1.29, 1.82) is 0 Å². The molecule has 27 heavy (non-hydrogen) atoms. The molecule has 0 bridgehead atoms. The summed E-state index contributed by atoms with van der Waals surface area (Å²) in [4.78, 5) is 29.9. The van der Waals surface area contributed by atoms with Gasteiger partial charge in [-0.1, -0.05) is 53.2 Å². The van der Waals surface area contributed by atoms with Gasteiger partial charge >= 0.3 is 5.97 Å². The molecule has 1 aliphatic heterocycles. The molecule has 1 heterocycles. The zero-order chi connectivity index (χ0) is 19.6. The summed E-state index contributed by atoms with van der Waals surface area (Å²) in [6.45, 7) is 5.75. The van der Waals surface area contributed by atoms with Gasteiger partial charge in [-0.25, -0.2) is 0 Å². The minimum atomic E-state index is -1.57. The summed E-state index contributed by atoms with van der Waals surface area (Å²) in [6, 6.07) is 13.3. The molecular weight excluding hydrogens is 344 g/mol. The first kappa shape index (κ1) is 18.6. The molecule has 0 fully saturated rings. The van der Waals surface area contributed by atoms with E-state index in [9.17, 15) is 14.7 Å². The number of carboxylic acids is 1. The first-order valence-electron chi connectivity index (χ1n) is 8.72. The molecule has 1 aliphatic rings. The third kappa shape index (κ3) is 3.84. The van der Waals surface area contributed by atoms with Gasteiger partial charge in [-0.15, -0.1) is 0 Å². The van der Waals surface area contributed by atoms with Crippen molar-refractivity contribution < 1.29 is 19.5 Å². The monoisotopic (exact) mass is 366 g/mol. The van der Waals surface area contributed by atoms with E-state index in [1.165, 1.54) is 0 Å². The number of benzene rings is 2. The number of para-hydroxylation sites is 1. The molecule has 140 valence electrons. The molecule has 0 radical (unpaired) electrons. The minimum Gasteiger partial charge on any atom is -0.481 e. The molecule has 0 spiro atoms. The highest BCUT2D eigenvalue weighted by Gasteiger charge is 2.49. The van der Waals surface area contributed by atoms with Crippen molar-refractivity contribution in [2.24, 2.45) is 5.16 Å². The molecule has 1 amide bonds. The fraction of sp³-hybridized carbons (Fsp3) is 0.286. The van der Waals surface area contributed by atoms with Crippen molar-refractivity contribution in [2.45, 2.75) is 39.2 Å². The van der Waals surface area contributed by atoms with Crippen LogP contribution in [0, 0.1) is 20.8 Å². The van der Waals surface area contributed by atoms with Crippen LogP contribution in [-0.2, 0) is 14.4 Å². The molecule has 0 saturated heterocycles. The molecule has 2 aromatic rings. The number of anilines is 1. The van der Waals surface area contributed by atoms with Crippen LogP contribution in [0.25, 0.3) is 0 Å². The largest absolute Gasteiger partial charge is 0.481 e. The van der Waals surface area contributed by atoms with Gasteiger partial charge in [0.1, 0.15) is 0 Å². The number of nitrogens with one attached hydrogen (secondary N) is 1. The van der Waals surface area contributed by atoms with Gasteiger partial charge in [0.15, 0.2) is 0 Å². The molecule has 6 nitrogen and oxygen atoms in total. The Morgan fingerprint density at radius 1 is 1.11 bits per heavy atom. The molecule has 2 N–H and O–H groups in total. The number of hydrogen-bond donors (Lipinski definition) is 2. The van der Waals surface area contributed by atoms with E-state index in [2.05, 4.69) is 10.5 Å². The van der Waals surface area contributed by atoms with Gasteiger partial charge in [0, 0.05) is 12.1 Å². The summed E-state index contributed by atoms with van der Waals surface area (Å²) >= 11 is 0. The van der Waals surface area contributed by atoms with E-state index >= 15 is 0 Å². The van der Waals surface area contributed by atoms with E-state index < -0.39 is 23.9 Å². The zero-order valence-corrected chi connectivity index (χ0v) is 15.6. The smallest absolute Gasteiger partial charge is 0.308 e. The fourth-order valence-corrected chi connectivity index (χ4v) is 3.16. The predicted octanol–water partition coefficient (Wildman–Crippen LogP) is 3.59. The lowest BCUT2D eigenvalue weighted by Gasteiger charge is -2.24. The Balaban J connectivity index is 1.87. The first-order valence-corrected chi connectivity index (χ1v) is 8.72. The molecular formula is C21H22N2O4. The summed E-state index contributed by atoms with van der Waals surface area (Å²) < 4.78 is 0. The van der Waals surface area contributed by atoms with Crippen molar-refractivity contribution in [3.8, 4) is 0 Å². The Bertz CT molecular complexity index is 898. The molecule has 0 saturated carbocycles. The number of hydrogen-bond acceptors (Lipinski definition) is 4. The lowest BCUT2D eigenvalue weighted by Crippen LogP contribution is -2.45. The van der Waals surface area contributed by atoms with E-state index in [4.69, 9.17) is 4.84 Å². The van der Waals surface area contributed by atoms with Crippen LogP contribution in [0.1, 0.15) is 35.1 Å². The zero-order valence-electron chi connectivity index (χ0n) is 15.6. The van der Waals surface area contributed by atoms with Crippen molar-refractivity contribution in [3.05, 3.63) is 64.7 Å². The van der Waals surface area contributed by atoms with Crippen LogP contribution in [-0.4, -0.2) is 28.3 Å². The van der Waals surface area contributed by atoms with Gasteiger partial charge in [-0.05, 0) is 37.5 Å². The summed E-state index contributed by atoms with van der Waals surface area (Å²) in [6.07, 6.45) is -0.373. The van der Waals surface area contributed by atoms with Gasteiger partial charge in [-0.2, -0.15) is 0 Å². The standard InChI is InChI=1S/C21H22N2O4/c1-13-7-9-16(10-8-13)17-11-21(27-23-17,12-18(24)25)20(26)22-19-14(2)5-4-6-15(19)3/h4-10H,11-12H2,1-3H3,(H,22,26)(H,24,25). The molecule has 3 rings (SSSR count). The van der Waals surface area contributed by atoms with Crippen molar-refractivity contribution in [1.82, 2.24) is 0 Å². The van der Waals surface area contributed by atoms with E-state index in [1.54, 1.807) is 0 Å². The van der Waals surface area contributed by atoms with E-state index in [-0.39, 0.29) is 6.42 Å². The topological polar surface area (TPSA) is 88.0 Å². The third-order valence-corrected chi connectivity index (χ3v) is 4.74. The first-order chi connectivity index (χ1) is 12.8. The second-order valence-electron chi connectivity index (χ2n) is 6.96.